The van der Waals surface area contributed by atoms with E-state index in [1.54, 1.807) is 37.3 Å². The predicted octanol–water partition coefficient (Wildman–Crippen LogP) is 4.09. The number of nitrogens with zero attached hydrogens (tertiary/aromatic N) is 1. The number of anilines is 1. The highest BCUT2D eigenvalue weighted by atomic mass is 19.4. The number of benzodiazepines with no additional fused rings is 1. The van der Waals surface area contributed by atoms with E-state index in [1.807, 2.05) is 25.1 Å². The number of hydrogen-bond acceptors (Lipinski definition) is 4. The summed E-state index contributed by atoms with van der Waals surface area (Å²) in [5.41, 5.74) is 8.51. The SMILES string of the molecule is CCC[C@H](C(N)=O)[C@@H](CCC(F)(F)F)C(=O)N[C@H]1N=C(c2ccccc2)c2cccc(C)c2NC1=O. The summed E-state index contributed by atoms with van der Waals surface area (Å²) in [5, 5.41) is 5.26. The molecule has 0 aromatic heterocycles. The Morgan fingerprint density at radius 3 is 2.39 bits per heavy atom. The van der Waals surface area contributed by atoms with Gasteiger partial charge in [0.05, 0.1) is 11.4 Å². The lowest BCUT2D eigenvalue weighted by Gasteiger charge is -2.25. The lowest BCUT2D eigenvalue weighted by Crippen LogP contribution is -2.48. The van der Waals surface area contributed by atoms with Crippen LogP contribution in [0.15, 0.2) is 53.5 Å². The van der Waals surface area contributed by atoms with Crippen molar-refractivity contribution in [1.82, 2.24) is 5.32 Å². The van der Waals surface area contributed by atoms with Crippen LogP contribution in [0.5, 0.6) is 0 Å². The van der Waals surface area contributed by atoms with Crippen molar-refractivity contribution in [2.24, 2.45) is 22.6 Å². The molecular weight excluding hydrogens is 473 g/mol. The number of aliphatic imine (C=N–C) groups is 1. The molecule has 0 unspecified atom stereocenters. The van der Waals surface area contributed by atoms with E-state index in [0.717, 1.165) is 5.56 Å². The van der Waals surface area contributed by atoms with Crippen molar-refractivity contribution in [3.8, 4) is 0 Å². The summed E-state index contributed by atoms with van der Waals surface area (Å²) in [6.45, 7) is 3.55. The van der Waals surface area contributed by atoms with Crippen molar-refractivity contribution in [3.05, 3.63) is 65.2 Å². The van der Waals surface area contributed by atoms with Crippen LogP contribution < -0.4 is 16.4 Å². The first kappa shape index (κ1) is 26.9. The highest BCUT2D eigenvalue weighted by Crippen LogP contribution is 2.31. The molecule has 1 heterocycles. The number of aryl methyl sites for hydroxylation is 1. The number of alkyl halides is 3. The monoisotopic (exact) mass is 502 g/mol. The molecule has 0 aliphatic carbocycles. The number of carbonyl (C=O) groups excluding carboxylic acids is 3. The summed E-state index contributed by atoms with van der Waals surface area (Å²) in [4.78, 5) is 42.9. The van der Waals surface area contributed by atoms with E-state index in [1.165, 1.54) is 0 Å². The van der Waals surface area contributed by atoms with Gasteiger partial charge >= 0.3 is 6.18 Å². The molecule has 192 valence electrons. The van der Waals surface area contributed by atoms with E-state index < -0.39 is 54.7 Å². The van der Waals surface area contributed by atoms with Gasteiger partial charge in [0.15, 0.2) is 0 Å². The van der Waals surface area contributed by atoms with Gasteiger partial charge in [-0.1, -0.05) is 61.9 Å². The lowest BCUT2D eigenvalue weighted by atomic mass is 9.83. The summed E-state index contributed by atoms with van der Waals surface area (Å²) in [6, 6.07) is 14.4. The second-order valence-corrected chi connectivity index (χ2v) is 8.80. The van der Waals surface area contributed by atoms with Crippen LogP contribution in [0.25, 0.3) is 0 Å². The molecule has 1 aliphatic rings. The standard InChI is InChI=1S/C26H29F3N4O3/c1-3-8-17(22(30)34)18(13-14-26(27,28)29)24(35)33-23-25(36)32-20-15(2)9-7-12-19(20)21(31-23)16-10-5-4-6-11-16/h4-7,9-12,17-18,23H,3,8,13-14H2,1-2H3,(H2,30,34)(H,32,36)(H,33,35)/t17-,18+,23+/m0/s1. The van der Waals surface area contributed by atoms with E-state index in [-0.39, 0.29) is 6.42 Å². The van der Waals surface area contributed by atoms with Crippen molar-refractivity contribution in [1.29, 1.82) is 0 Å². The zero-order chi connectivity index (χ0) is 26.5. The number of nitrogens with two attached hydrogens (primary N) is 1. The second-order valence-electron chi connectivity index (χ2n) is 8.80. The zero-order valence-electron chi connectivity index (χ0n) is 20.1. The first-order valence-electron chi connectivity index (χ1n) is 11.7. The van der Waals surface area contributed by atoms with E-state index in [4.69, 9.17) is 5.73 Å². The number of para-hydroxylation sites is 1. The first-order valence-corrected chi connectivity index (χ1v) is 11.7. The molecule has 7 nitrogen and oxygen atoms in total. The summed E-state index contributed by atoms with van der Waals surface area (Å²) in [5.74, 6) is -4.86. The van der Waals surface area contributed by atoms with Gasteiger partial charge in [0.25, 0.3) is 5.91 Å². The van der Waals surface area contributed by atoms with Crippen molar-refractivity contribution in [2.75, 3.05) is 5.32 Å². The Labute approximate surface area is 207 Å². The fraction of sp³-hybridized carbons (Fsp3) is 0.385. The fourth-order valence-electron chi connectivity index (χ4n) is 4.33. The Bertz CT molecular complexity index is 1150. The number of amides is 3. The Kier molecular flexibility index (Phi) is 8.49. The van der Waals surface area contributed by atoms with Gasteiger partial charge < -0.3 is 16.4 Å². The number of carbonyl (C=O) groups is 3. The normalized spacial score (nSPS) is 17.2. The van der Waals surface area contributed by atoms with E-state index in [0.29, 0.717) is 28.9 Å². The van der Waals surface area contributed by atoms with E-state index >= 15 is 0 Å². The van der Waals surface area contributed by atoms with Gasteiger partial charge in [-0.05, 0) is 25.3 Å². The predicted molar refractivity (Wildman–Crippen MR) is 130 cm³/mol. The third-order valence-electron chi connectivity index (χ3n) is 6.14. The molecule has 3 amide bonds. The molecule has 4 N–H and O–H groups in total. The number of primary amides is 1. The molecular formula is C26H29F3N4O3. The summed E-state index contributed by atoms with van der Waals surface area (Å²) < 4.78 is 39.0. The highest BCUT2D eigenvalue weighted by molar-refractivity contribution is 6.20. The summed E-state index contributed by atoms with van der Waals surface area (Å²) in [7, 11) is 0. The van der Waals surface area contributed by atoms with E-state index in [2.05, 4.69) is 15.6 Å². The van der Waals surface area contributed by atoms with Crippen molar-refractivity contribution in [2.45, 2.75) is 51.9 Å². The summed E-state index contributed by atoms with van der Waals surface area (Å²) >= 11 is 0. The quantitative estimate of drug-likeness (QED) is 0.480. The third-order valence-corrected chi connectivity index (χ3v) is 6.14. The van der Waals surface area contributed by atoms with Crippen LogP contribution in [-0.2, 0) is 14.4 Å². The largest absolute Gasteiger partial charge is 0.389 e. The zero-order valence-corrected chi connectivity index (χ0v) is 20.1. The molecule has 2 aromatic rings. The van der Waals surface area contributed by atoms with Gasteiger partial charge in [0.2, 0.25) is 18.0 Å². The first-order chi connectivity index (χ1) is 17.0. The van der Waals surface area contributed by atoms with Crippen LogP contribution in [0.1, 0.15) is 49.3 Å². The molecule has 36 heavy (non-hydrogen) atoms. The number of nitrogens with one attached hydrogen (secondary N) is 2. The second kappa shape index (κ2) is 11.4. The molecule has 0 saturated heterocycles. The number of benzene rings is 2. The van der Waals surface area contributed by atoms with Crippen molar-refractivity contribution in [3.63, 3.8) is 0 Å². The number of fused-ring (bicyclic) bond motifs is 1. The van der Waals surface area contributed by atoms with Gasteiger partial charge in [-0.25, -0.2) is 4.99 Å². The van der Waals surface area contributed by atoms with Crippen LogP contribution in [0, 0.1) is 18.8 Å². The number of rotatable bonds is 9. The minimum absolute atomic E-state index is 0.144. The minimum Gasteiger partial charge on any atom is -0.369 e. The molecule has 0 fully saturated rings. The fourth-order valence-corrected chi connectivity index (χ4v) is 4.33. The van der Waals surface area contributed by atoms with Crippen LogP contribution in [0.2, 0.25) is 0 Å². The molecule has 2 aromatic carbocycles. The molecule has 10 heteroatoms. The number of halogens is 3. The van der Waals surface area contributed by atoms with Crippen LogP contribution >= 0.6 is 0 Å². The van der Waals surface area contributed by atoms with Gasteiger partial charge in [0.1, 0.15) is 0 Å². The van der Waals surface area contributed by atoms with Gasteiger partial charge in [-0.3, -0.25) is 14.4 Å². The van der Waals surface area contributed by atoms with Crippen molar-refractivity contribution < 1.29 is 27.6 Å². The van der Waals surface area contributed by atoms with Crippen LogP contribution in [0.4, 0.5) is 18.9 Å². The number of hydrogen-bond donors (Lipinski definition) is 3. The van der Waals surface area contributed by atoms with Crippen LogP contribution in [0.3, 0.4) is 0 Å². The van der Waals surface area contributed by atoms with Crippen molar-refractivity contribution >= 4 is 29.1 Å². The summed E-state index contributed by atoms with van der Waals surface area (Å²) in [6.07, 6.45) is -7.26. The topological polar surface area (TPSA) is 114 Å². The molecule has 3 rings (SSSR count). The Balaban J connectivity index is 1.99. The Morgan fingerprint density at radius 2 is 1.78 bits per heavy atom. The average Bonchev–Trinajstić information content (AvgIpc) is 2.95. The molecule has 0 spiro atoms. The highest BCUT2D eigenvalue weighted by Gasteiger charge is 2.38. The average molecular weight is 503 g/mol. The smallest absolute Gasteiger partial charge is 0.369 e. The maximum absolute atomic E-state index is 13.3. The maximum Gasteiger partial charge on any atom is 0.389 e. The molecule has 1 aliphatic heterocycles. The van der Waals surface area contributed by atoms with Gasteiger partial charge in [-0.2, -0.15) is 13.2 Å². The van der Waals surface area contributed by atoms with Gasteiger partial charge in [0, 0.05) is 29.4 Å². The lowest BCUT2D eigenvalue weighted by molar-refractivity contribution is -0.146. The molecule has 0 bridgehead atoms. The molecule has 0 radical (unpaired) electrons. The molecule has 3 atom stereocenters. The van der Waals surface area contributed by atoms with E-state index in [9.17, 15) is 27.6 Å². The third kappa shape index (κ3) is 6.50. The Hall–Kier alpha value is -3.69. The van der Waals surface area contributed by atoms with Crippen LogP contribution in [-0.4, -0.2) is 35.8 Å². The van der Waals surface area contributed by atoms with Gasteiger partial charge in [-0.15, -0.1) is 0 Å². The Morgan fingerprint density at radius 1 is 1.08 bits per heavy atom. The molecule has 0 saturated carbocycles. The minimum atomic E-state index is -4.52. The maximum atomic E-state index is 13.3.